The highest BCUT2D eigenvalue weighted by Crippen LogP contribution is 2.12. The molecule has 2 aromatic rings. The van der Waals surface area contributed by atoms with Gasteiger partial charge in [-0.2, -0.15) is 0 Å². The molecular formula is C19H21NO5S. The molecule has 2 rings (SSSR count). The maximum Gasteiger partial charge on any atom is 0.338 e. The number of esters is 1. The van der Waals surface area contributed by atoms with Crippen LogP contribution in [0.1, 0.15) is 22.8 Å². The molecule has 0 saturated carbocycles. The fourth-order valence-corrected chi connectivity index (χ4v) is 2.87. The van der Waals surface area contributed by atoms with Crippen molar-refractivity contribution in [3.8, 4) is 0 Å². The van der Waals surface area contributed by atoms with E-state index in [0.717, 1.165) is 11.8 Å². The first-order valence-corrected chi connectivity index (χ1v) is 9.99. The molecule has 1 N–H and O–H groups in total. The summed E-state index contributed by atoms with van der Waals surface area (Å²) >= 11 is 0. The summed E-state index contributed by atoms with van der Waals surface area (Å²) in [7, 11) is -3.33. The Morgan fingerprint density at radius 3 is 2.23 bits per heavy atom. The van der Waals surface area contributed by atoms with Crippen LogP contribution in [-0.4, -0.2) is 39.2 Å². The van der Waals surface area contributed by atoms with Crippen LogP contribution in [0.25, 0.3) is 0 Å². The van der Waals surface area contributed by atoms with Crippen molar-refractivity contribution in [1.29, 1.82) is 0 Å². The SMILES string of the molecule is CC(OC(=O)c1ccc(S(C)(=O)=O)cc1)C(=O)NCCc1ccccc1. The summed E-state index contributed by atoms with van der Waals surface area (Å²) in [5, 5.41) is 2.72. The standard InChI is InChI=1S/C19H21NO5S/c1-14(18(21)20-13-12-15-6-4-3-5-7-15)25-19(22)16-8-10-17(11-9-16)26(2,23)24/h3-11,14H,12-13H2,1-2H3,(H,20,21). The number of hydrogen-bond acceptors (Lipinski definition) is 5. The van der Waals surface area contributed by atoms with E-state index in [1.807, 2.05) is 30.3 Å². The first kappa shape index (κ1) is 19.7. The van der Waals surface area contributed by atoms with Crippen LogP contribution in [0, 0.1) is 0 Å². The zero-order valence-electron chi connectivity index (χ0n) is 14.6. The molecule has 0 radical (unpaired) electrons. The zero-order valence-corrected chi connectivity index (χ0v) is 15.5. The second kappa shape index (κ2) is 8.62. The average Bonchev–Trinajstić information content (AvgIpc) is 2.61. The first-order chi connectivity index (χ1) is 12.3. The highest BCUT2D eigenvalue weighted by Gasteiger charge is 2.19. The predicted molar refractivity (Wildman–Crippen MR) is 97.6 cm³/mol. The van der Waals surface area contributed by atoms with E-state index in [2.05, 4.69) is 5.32 Å². The molecule has 1 unspecified atom stereocenters. The third-order valence-electron chi connectivity index (χ3n) is 3.73. The first-order valence-electron chi connectivity index (χ1n) is 8.10. The number of sulfone groups is 1. The van der Waals surface area contributed by atoms with E-state index in [-0.39, 0.29) is 16.4 Å². The molecule has 1 atom stereocenters. The molecule has 0 bridgehead atoms. The molecule has 6 nitrogen and oxygen atoms in total. The van der Waals surface area contributed by atoms with Gasteiger partial charge < -0.3 is 10.1 Å². The normalized spacial score (nSPS) is 12.2. The summed E-state index contributed by atoms with van der Waals surface area (Å²) in [6.07, 6.45) is 0.815. The van der Waals surface area contributed by atoms with Gasteiger partial charge in [0.05, 0.1) is 10.5 Å². The predicted octanol–water partition coefficient (Wildman–Crippen LogP) is 1.99. The van der Waals surface area contributed by atoms with E-state index in [1.54, 1.807) is 0 Å². The minimum atomic E-state index is -3.33. The number of benzene rings is 2. The van der Waals surface area contributed by atoms with Gasteiger partial charge in [-0.05, 0) is 43.2 Å². The average molecular weight is 375 g/mol. The third kappa shape index (κ3) is 5.70. The highest BCUT2D eigenvalue weighted by atomic mass is 32.2. The van der Waals surface area contributed by atoms with E-state index in [0.29, 0.717) is 13.0 Å². The Morgan fingerprint density at radius 2 is 1.65 bits per heavy atom. The third-order valence-corrected chi connectivity index (χ3v) is 4.86. The molecule has 0 aliphatic rings. The Hall–Kier alpha value is -2.67. The van der Waals surface area contributed by atoms with Crippen LogP contribution in [0.5, 0.6) is 0 Å². The number of rotatable bonds is 7. The number of hydrogen-bond donors (Lipinski definition) is 1. The molecule has 7 heteroatoms. The summed E-state index contributed by atoms with van der Waals surface area (Å²) in [4.78, 5) is 24.2. The van der Waals surface area contributed by atoms with E-state index >= 15 is 0 Å². The highest BCUT2D eigenvalue weighted by molar-refractivity contribution is 7.90. The fourth-order valence-electron chi connectivity index (χ4n) is 2.24. The van der Waals surface area contributed by atoms with Gasteiger partial charge >= 0.3 is 5.97 Å². The second-order valence-electron chi connectivity index (χ2n) is 5.87. The molecule has 26 heavy (non-hydrogen) atoms. The topological polar surface area (TPSA) is 89.5 Å². The minimum absolute atomic E-state index is 0.112. The van der Waals surface area contributed by atoms with Crippen LogP contribution in [0.15, 0.2) is 59.5 Å². The molecule has 2 aromatic carbocycles. The van der Waals surface area contributed by atoms with Crippen molar-refractivity contribution in [2.24, 2.45) is 0 Å². The van der Waals surface area contributed by atoms with Crippen LogP contribution in [-0.2, 0) is 25.8 Å². The molecule has 0 saturated heterocycles. The molecule has 0 aromatic heterocycles. The maximum atomic E-state index is 12.1. The van der Waals surface area contributed by atoms with Gasteiger partial charge in [0.15, 0.2) is 15.9 Å². The number of amides is 1. The van der Waals surface area contributed by atoms with E-state index in [9.17, 15) is 18.0 Å². The lowest BCUT2D eigenvalue weighted by atomic mass is 10.1. The monoisotopic (exact) mass is 375 g/mol. The second-order valence-corrected chi connectivity index (χ2v) is 7.89. The molecule has 0 fully saturated rings. The molecule has 1 amide bonds. The van der Waals surface area contributed by atoms with Crippen molar-refractivity contribution in [1.82, 2.24) is 5.32 Å². The maximum absolute atomic E-state index is 12.1. The van der Waals surface area contributed by atoms with E-state index in [1.165, 1.54) is 31.2 Å². The number of carbonyl (C=O) groups is 2. The lowest BCUT2D eigenvalue weighted by molar-refractivity contribution is -0.129. The Balaban J connectivity index is 1.84. The van der Waals surface area contributed by atoms with Crippen LogP contribution in [0.4, 0.5) is 0 Å². The van der Waals surface area contributed by atoms with Crippen molar-refractivity contribution >= 4 is 21.7 Å². The summed E-state index contributed by atoms with van der Waals surface area (Å²) < 4.78 is 28.0. The van der Waals surface area contributed by atoms with Crippen molar-refractivity contribution in [3.63, 3.8) is 0 Å². The van der Waals surface area contributed by atoms with E-state index in [4.69, 9.17) is 4.74 Å². The summed E-state index contributed by atoms with van der Waals surface area (Å²) in [5.74, 6) is -1.07. The van der Waals surface area contributed by atoms with Crippen molar-refractivity contribution < 1.29 is 22.7 Å². The molecule has 138 valence electrons. The quantitative estimate of drug-likeness (QED) is 0.748. The van der Waals surface area contributed by atoms with Gasteiger partial charge in [0.25, 0.3) is 5.91 Å². The molecule has 0 spiro atoms. The van der Waals surface area contributed by atoms with E-state index < -0.39 is 21.9 Å². The fraction of sp³-hybridized carbons (Fsp3) is 0.263. The van der Waals surface area contributed by atoms with Crippen LogP contribution >= 0.6 is 0 Å². The Morgan fingerprint density at radius 1 is 1.04 bits per heavy atom. The molecule has 0 heterocycles. The van der Waals surface area contributed by atoms with Gasteiger partial charge in [-0.3, -0.25) is 4.79 Å². The number of ether oxygens (including phenoxy) is 1. The van der Waals surface area contributed by atoms with Crippen molar-refractivity contribution in [2.45, 2.75) is 24.3 Å². The summed E-state index contributed by atoms with van der Waals surface area (Å²) in [5.41, 5.74) is 1.28. The minimum Gasteiger partial charge on any atom is -0.449 e. The van der Waals surface area contributed by atoms with Crippen LogP contribution in [0.3, 0.4) is 0 Å². The van der Waals surface area contributed by atoms with Gasteiger partial charge in [-0.15, -0.1) is 0 Å². The lowest BCUT2D eigenvalue weighted by Crippen LogP contribution is -2.36. The Labute approximate surface area is 153 Å². The summed E-state index contributed by atoms with van der Waals surface area (Å²) in [6.45, 7) is 1.93. The van der Waals surface area contributed by atoms with Gasteiger partial charge in [0.2, 0.25) is 0 Å². The van der Waals surface area contributed by atoms with Gasteiger partial charge in [-0.1, -0.05) is 30.3 Å². The number of nitrogens with one attached hydrogen (secondary N) is 1. The van der Waals surface area contributed by atoms with Crippen LogP contribution < -0.4 is 5.32 Å². The van der Waals surface area contributed by atoms with Gasteiger partial charge in [-0.25, -0.2) is 13.2 Å². The van der Waals surface area contributed by atoms with Crippen molar-refractivity contribution in [2.75, 3.05) is 12.8 Å². The van der Waals surface area contributed by atoms with Crippen molar-refractivity contribution in [3.05, 3.63) is 65.7 Å². The largest absolute Gasteiger partial charge is 0.449 e. The molecule has 0 aliphatic carbocycles. The van der Waals surface area contributed by atoms with Gasteiger partial charge in [0, 0.05) is 12.8 Å². The smallest absolute Gasteiger partial charge is 0.338 e. The lowest BCUT2D eigenvalue weighted by Gasteiger charge is -2.13. The zero-order chi connectivity index (χ0) is 19.2. The molecular weight excluding hydrogens is 354 g/mol. The molecule has 0 aliphatic heterocycles. The van der Waals surface area contributed by atoms with Crippen LogP contribution in [0.2, 0.25) is 0 Å². The number of carbonyl (C=O) groups excluding carboxylic acids is 2. The Bertz CT molecular complexity index is 861. The Kier molecular flexibility index (Phi) is 6.52. The van der Waals surface area contributed by atoms with Gasteiger partial charge in [0.1, 0.15) is 0 Å². The summed E-state index contributed by atoms with van der Waals surface area (Å²) in [6, 6.07) is 15.1.